The Hall–Kier alpha value is -2.69. The van der Waals surface area contributed by atoms with Crippen LogP contribution in [0.5, 0.6) is 0 Å². The summed E-state index contributed by atoms with van der Waals surface area (Å²) < 4.78 is 14.3. The van der Waals surface area contributed by atoms with Gasteiger partial charge in [0, 0.05) is 24.3 Å². The van der Waals surface area contributed by atoms with E-state index in [-0.39, 0.29) is 5.56 Å². The van der Waals surface area contributed by atoms with Gasteiger partial charge in [0.15, 0.2) is 0 Å². The number of rotatable bonds is 3. The zero-order valence-electron chi connectivity index (χ0n) is 13.6. The molecule has 1 aliphatic rings. The molecule has 1 aliphatic heterocycles. The third kappa shape index (κ3) is 3.45. The van der Waals surface area contributed by atoms with E-state index in [0.717, 1.165) is 31.5 Å². The Bertz CT molecular complexity index is 765. The summed E-state index contributed by atoms with van der Waals surface area (Å²) in [4.78, 5) is 14.2. The van der Waals surface area contributed by atoms with E-state index < -0.39 is 11.7 Å². The first-order chi connectivity index (χ1) is 11.5. The summed E-state index contributed by atoms with van der Waals surface area (Å²) in [6, 6.07) is 11.7. The number of amides is 1. The molecule has 5 heteroatoms. The number of benzene rings is 2. The molecule has 124 valence electrons. The lowest BCUT2D eigenvalue weighted by atomic mass is 10.1. The molecule has 0 radical (unpaired) electrons. The van der Waals surface area contributed by atoms with Crippen molar-refractivity contribution in [1.29, 1.82) is 5.41 Å². The summed E-state index contributed by atoms with van der Waals surface area (Å²) in [5.74, 6) is -0.784. The second kappa shape index (κ2) is 6.83. The predicted octanol–water partition coefficient (Wildman–Crippen LogP) is 3.81. The van der Waals surface area contributed by atoms with Crippen LogP contribution in [0.1, 0.15) is 34.3 Å². The highest BCUT2D eigenvalue weighted by Gasteiger charge is 2.19. The van der Waals surface area contributed by atoms with Gasteiger partial charge in [-0.2, -0.15) is 0 Å². The largest absolute Gasteiger partial charge is 0.357 e. The monoisotopic (exact) mass is 325 g/mol. The molecule has 0 aromatic heterocycles. The molecule has 1 heterocycles. The molecule has 24 heavy (non-hydrogen) atoms. The quantitative estimate of drug-likeness (QED) is 0.666. The molecular formula is C19H20FN3O. The minimum atomic E-state index is -0.610. The van der Waals surface area contributed by atoms with Gasteiger partial charge in [-0.15, -0.1) is 0 Å². The molecule has 1 fully saturated rings. The Labute approximate surface area is 140 Å². The predicted molar refractivity (Wildman–Crippen MR) is 93.2 cm³/mol. The Morgan fingerprint density at radius 2 is 1.79 bits per heavy atom. The van der Waals surface area contributed by atoms with E-state index in [2.05, 4.69) is 5.32 Å². The zero-order valence-corrected chi connectivity index (χ0v) is 13.6. The zero-order chi connectivity index (χ0) is 17.1. The van der Waals surface area contributed by atoms with E-state index in [1.165, 1.54) is 12.1 Å². The first-order valence-corrected chi connectivity index (χ1v) is 8.06. The lowest BCUT2D eigenvalue weighted by molar-refractivity contribution is 0.102. The van der Waals surface area contributed by atoms with Gasteiger partial charge in [-0.05, 0) is 44.0 Å². The molecule has 2 aromatic carbocycles. The highest BCUT2D eigenvalue weighted by Crippen LogP contribution is 2.17. The molecule has 1 saturated heterocycles. The van der Waals surface area contributed by atoms with Crippen molar-refractivity contribution in [2.24, 2.45) is 0 Å². The molecule has 2 N–H and O–H groups in total. The van der Waals surface area contributed by atoms with E-state index in [0.29, 0.717) is 17.1 Å². The van der Waals surface area contributed by atoms with E-state index in [1.54, 1.807) is 18.2 Å². The van der Waals surface area contributed by atoms with Crippen LogP contribution in [-0.4, -0.2) is 29.7 Å². The van der Waals surface area contributed by atoms with Crippen LogP contribution in [0.3, 0.4) is 0 Å². The number of halogens is 1. The summed E-state index contributed by atoms with van der Waals surface area (Å²) >= 11 is 0. The SMILES string of the molecule is Cc1ccc(NC(=O)c2ccc(C(=N)N3CCCC3)cc2F)cc1. The minimum Gasteiger partial charge on any atom is -0.357 e. The number of aryl methyl sites for hydroxylation is 1. The first-order valence-electron chi connectivity index (χ1n) is 8.06. The highest BCUT2D eigenvalue weighted by atomic mass is 19.1. The van der Waals surface area contributed by atoms with Gasteiger partial charge in [0.2, 0.25) is 0 Å². The number of amidine groups is 1. The van der Waals surface area contributed by atoms with E-state index >= 15 is 0 Å². The summed E-state index contributed by atoms with van der Waals surface area (Å²) in [5, 5.41) is 10.8. The lowest BCUT2D eigenvalue weighted by Crippen LogP contribution is -2.28. The number of carbonyl (C=O) groups excluding carboxylic acids is 1. The first kappa shape index (κ1) is 16.2. The van der Waals surface area contributed by atoms with Crippen molar-refractivity contribution >= 4 is 17.4 Å². The van der Waals surface area contributed by atoms with Crippen LogP contribution in [0.4, 0.5) is 10.1 Å². The maximum atomic E-state index is 14.3. The Balaban J connectivity index is 1.75. The number of nitrogens with zero attached hydrogens (tertiary/aromatic N) is 1. The van der Waals surface area contributed by atoms with Crippen molar-refractivity contribution in [3.63, 3.8) is 0 Å². The smallest absolute Gasteiger partial charge is 0.258 e. The van der Waals surface area contributed by atoms with E-state index in [4.69, 9.17) is 5.41 Å². The normalized spacial score (nSPS) is 13.8. The molecular weight excluding hydrogens is 305 g/mol. The van der Waals surface area contributed by atoms with Gasteiger partial charge < -0.3 is 10.2 Å². The molecule has 4 nitrogen and oxygen atoms in total. The highest BCUT2D eigenvalue weighted by molar-refractivity contribution is 6.05. The van der Waals surface area contributed by atoms with Crippen molar-refractivity contribution in [2.75, 3.05) is 18.4 Å². The summed E-state index contributed by atoms with van der Waals surface area (Å²) in [5.41, 5.74) is 2.19. The van der Waals surface area contributed by atoms with Crippen LogP contribution in [0, 0.1) is 18.2 Å². The Morgan fingerprint density at radius 1 is 1.12 bits per heavy atom. The number of nitrogens with one attached hydrogen (secondary N) is 2. The standard InChI is InChI=1S/C19H20FN3O/c1-13-4-7-15(8-5-13)22-19(24)16-9-6-14(12-17(16)20)18(21)23-10-2-3-11-23/h4-9,12,21H,2-3,10-11H2,1H3,(H,22,24). The van der Waals surface area contributed by atoms with Crippen LogP contribution >= 0.6 is 0 Å². The van der Waals surface area contributed by atoms with Gasteiger partial charge in [0.25, 0.3) is 5.91 Å². The van der Waals surface area contributed by atoms with Crippen molar-refractivity contribution < 1.29 is 9.18 Å². The van der Waals surface area contributed by atoms with Gasteiger partial charge in [-0.3, -0.25) is 10.2 Å². The fourth-order valence-corrected chi connectivity index (χ4v) is 2.81. The second-order valence-corrected chi connectivity index (χ2v) is 6.06. The third-order valence-electron chi connectivity index (χ3n) is 4.22. The van der Waals surface area contributed by atoms with Gasteiger partial charge in [0.05, 0.1) is 5.56 Å². The van der Waals surface area contributed by atoms with Gasteiger partial charge in [-0.1, -0.05) is 23.8 Å². The molecule has 2 aromatic rings. The van der Waals surface area contributed by atoms with Crippen LogP contribution in [0.25, 0.3) is 0 Å². The fourth-order valence-electron chi connectivity index (χ4n) is 2.81. The molecule has 3 rings (SSSR count). The molecule has 0 saturated carbocycles. The number of carbonyl (C=O) groups is 1. The molecule has 0 aliphatic carbocycles. The number of hydrogen-bond acceptors (Lipinski definition) is 2. The van der Waals surface area contributed by atoms with Crippen molar-refractivity contribution in [3.05, 3.63) is 65.0 Å². The van der Waals surface area contributed by atoms with E-state index in [9.17, 15) is 9.18 Å². The average Bonchev–Trinajstić information content (AvgIpc) is 3.10. The average molecular weight is 325 g/mol. The lowest BCUT2D eigenvalue weighted by Gasteiger charge is -2.18. The summed E-state index contributed by atoms with van der Waals surface area (Å²) in [6.45, 7) is 3.62. The van der Waals surface area contributed by atoms with Crippen molar-refractivity contribution in [3.8, 4) is 0 Å². The number of hydrogen-bond donors (Lipinski definition) is 2. The van der Waals surface area contributed by atoms with Crippen LogP contribution in [0.15, 0.2) is 42.5 Å². The molecule has 0 spiro atoms. The number of anilines is 1. The molecule has 1 amide bonds. The Kier molecular flexibility index (Phi) is 4.60. The third-order valence-corrected chi connectivity index (χ3v) is 4.22. The topological polar surface area (TPSA) is 56.2 Å². The van der Waals surface area contributed by atoms with Gasteiger partial charge in [0.1, 0.15) is 11.7 Å². The number of likely N-dealkylation sites (tertiary alicyclic amines) is 1. The maximum Gasteiger partial charge on any atom is 0.258 e. The van der Waals surface area contributed by atoms with Crippen LogP contribution in [-0.2, 0) is 0 Å². The molecule has 0 atom stereocenters. The Morgan fingerprint density at radius 3 is 2.42 bits per heavy atom. The van der Waals surface area contributed by atoms with Gasteiger partial charge in [-0.25, -0.2) is 4.39 Å². The fraction of sp³-hybridized carbons (Fsp3) is 0.263. The maximum absolute atomic E-state index is 14.3. The van der Waals surface area contributed by atoms with Crippen LogP contribution in [0.2, 0.25) is 0 Å². The summed E-state index contributed by atoms with van der Waals surface area (Å²) in [7, 11) is 0. The summed E-state index contributed by atoms with van der Waals surface area (Å²) in [6.07, 6.45) is 2.11. The van der Waals surface area contributed by atoms with E-state index in [1.807, 2.05) is 24.0 Å². The molecule has 0 bridgehead atoms. The van der Waals surface area contributed by atoms with Crippen molar-refractivity contribution in [2.45, 2.75) is 19.8 Å². The van der Waals surface area contributed by atoms with Gasteiger partial charge >= 0.3 is 0 Å². The van der Waals surface area contributed by atoms with Crippen molar-refractivity contribution in [1.82, 2.24) is 4.90 Å². The minimum absolute atomic E-state index is 0.0199. The molecule has 0 unspecified atom stereocenters. The van der Waals surface area contributed by atoms with Crippen LogP contribution < -0.4 is 5.32 Å². The second-order valence-electron chi connectivity index (χ2n) is 6.06.